The first-order valence-electron chi connectivity index (χ1n) is 14.8. The first-order valence-corrected chi connectivity index (χ1v) is 15.6. The highest BCUT2D eigenvalue weighted by molar-refractivity contribution is 6.46. The van der Waals surface area contributed by atoms with E-state index in [2.05, 4.69) is 21.0 Å². The summed E-state index contributed by atoms with van der Waals surface area (Å²) in [6.07, 6.45) is 19.8. The number of rotatable bonds is 14. The summed E-state index contributed by atoms with van der Waals surface area (Å²) in [6, 6.07) is 17.5. The standard InChI is InChI=1S/C21H36Cl2N.C12H16O/c1-4-5-6-7-8-9-10-11-12-16-19-24(2,3)21(22,23)20-17-14-13-15-18-20;13-12-9-5-4-8-11(12)10-6-2-1-3-7-10/h13-15,17-18H,4-12,16,19H2,1-3H3;4-5,8-10,13H,1-3,6-7H2/q+1;/p-1. The second kappa shape index (κ2) is 17.4. The van der Waals surface area contributed by atoms with E-state index < -0.39 is 4.46 Å². The van der Waals surface area contributed by atoms with Crippen LogP contribution in [-0.2, 0) is 4.46 Å². The molecule has 1 aliphatic rings. The third kappa shape index (κ3) is 11.2. The first kappa shape index (κ1) is 32.0. The van der Waals surface area contributed by atoms with E-state index in [4.69, 9.17) is 23.2 Å². The summed E-state index contributed by atoms with van der Waals surface area (Å²) in [7, 11) is 4.25. The van der Waals surface area contributed by atoms with Crippen LogP contribution in [0, 0.1) is 0 Å². The van der Waals surface area contributed by atoms with Gasteiger partial charge in [-0.1, -0.05) is 126 Å². The molecule has 37 heavy (non-hydrogen) atoms. The Morgan fingerprint density at radius 2 is 1.24 bits per heavy atom. The average molecular weight is 549 g/mol. The molecule has 2 nitrogen and oxygen atoms in total. The van der Waals surface area contributed by atoms with Gasteiger partial charge in [0.05, 0.1) is 20.6 Å². The van der Waals surface area contributed by atoms with Crippen LogP contribution in [-0.4, -0.2) is 25.1 Å². The van der Waals surface area contributed by atoms with Crippen LogP contribution in [0.3, 0.4) is 0 Å². The van der Waals surface area contributed by atoms with E-state index in [9.17, 15) is 5.11 Å². The van der Waals surface area contributed by atoms with Gasteiger partial charge in [-0.05, 0) is 66.9 Å². The topological polar surface area (TPSA) is 23.1 Å². The maximum absolute atomic E-state index is 11.5. The number of halogens is 2. The summed E-state index contributed by atoms with van der Waals surface area (Å²) in [5.41, 5.74) is 2.02. The summed E-state index contributed by atoms with van der Waals surface area (Å²) in [5.74, 6) is 0.775. The molecule has 0 bridgehead atoms. The monoisotopic (exact) mass is 547 g/mol. The lowest BCUT2D eigenvalue weighted by molar-refractivity contribution is -0.920. The highest BCUT2D eigenvalue weighted by Crippen LogP contribution is 2.41. The van der Waals surface area contributed by atoms with Crippen LogP contribution in [0.4, 0.5) is 0 Å². The van der Waals surface area contributed by atoms with Crippen LogP contribution >= 0.6 is 23.2 Å². The van der Waals surface area contributed by atoms with Crippen molar-refractivity contribution >= 4 is 23.2 Å². The predicted octanol–water partition coefficient (Wildman–Crippen LogP) is 10.1. The van der Waals surface area contributed by atoms with Gasteiger partial charge in [-0.3, -0.25) is 4.48 Å². The molecule has 1 aliphatic carbocycles. The molecule has 0 spiro atoms. The number of hydrogen-bond donors (Lipinski definition) is 0. The Bertz CT molecular complexity index is 846. The van der Waals surface area contributed by atoms with Crippen molar-refractivity contribution in [3.8, 4) is 5.75 Å². The molecule has 0 N–H and O–H groups in total. The average Bonchev–Trinajstić information content (AvgIpc) is 2.91. The second-order valence-electron chi connectivity index (χ2n) is 11.4. The van der Waals surface area contributed by atoms with Crippen molar-refractivity contribution in [1.29, 1.82) is 0 Å². The Morgan fingerprint density at radius 3 is 1.81 bits per heavy atom. The van der Waals surface area contributed by atoms with Crippen molar-refractivity contribution in [1.82, 2.24) is 0 Å². The van der Waals surface area contributed by atoms with Crippen LogP contribution < -0.4 is 5.11 Å². The smallest absolute Gasteiger partial charge is 0.277 e. The lowest BCUT2D eigenvalue weighted by Crippen LogP contribution is -2.51. The number of unbranched alkanes of at least 4 members (excludes halogenated alkanes) is 9. The Hall–Kier alpha value is -1.22. The van der Waals surface area contributed by atoms with Crippen LogP contribution in [0.2, 0.25) is 0 Å². The lowest BCUT2D eigenvalue weighted by Gasteiger charge is -2.40. The molecular weight excluding hydrogens is 497 g/mol. The van der Waals surface area contributed by atoms with Gasteiger partial charge < -0.3 is 5.11 Å². The van der Waals surface area contributed by atoms with Crippen LogP contribution in [0.1, 0.15) is 120 Å². The van der Waals surface area contributed by atoms with Gasteiger partial charge >= 0.3 is 0 Å². The zero-order valence-corrected chi connectivity index (χ0v) is 25.2. The molecule has 0 aliphatic heterocycles. The number of para-hydroxylation sites is 1. The van der Waals surface area contributed by atoms with Gasteiger partial charge in [0.2, 0.25) is 0 Å². The Kier molecular flexibility index (Phi) is 15.0. The maximum Gasteiger partial charge on any atom is 0.277 e. The summed E-state index contributed by atoms with van der Waals surface area (Å²) in [4.78, 5) is 0. The van der Waals surface area contributed by atoms with Gasteiger partial charge in [0, 0.05) is 5.56 Å². The van der Waals surface area contributed by atoms with E-state index in [1.165, 1.54) is 96.3 Å². The Morgan fingerprint density at radius 1 is 0.730 bits per heavy atom. The molecular formula is C33H51Cl2NO. The van der Waals surface area contributed by atoms with Crippen molar-refractivity contribution in [2.24, 2.45) is 0 Å². The van der Waals surface area contributed by atoms with E-state index in [0.29, 0.717) is 10.4 Å². The van der Waals surface area contributed by atoms with Gasteiger partial charge in [-0.25, -0.2) is 0 Å². The molecule has 0 radical (unpaired) electrons. The molecule has 0 heterocycles. The number of nitrogens with zero attached hydrogens (tertiary/aromatic N) is 1. The highest BCUT2D eigenvalue weighted by atomic mass is 35.5. The van der Waals surface area contributed by atoms with Gasteiger partial charge in [0.25, 0.3) is 4.46 Å². The first-order chi connectivity index (χ1) is 17.8. The second-order valence-corrected chi connectivity index (χ2v) is 12.7. The molecule has 1 fully saturated rings. The predicted molar refractivity (Wildman–Crippen MR) is 160 cm³/mol. The number of benzene rings is 2. The minimum absolute atomic E-state index is 0.231. The molecule has 0 aromatic heterocycles. The van der Waals surface area contributed by atoms with Crippen molar-refractivity contribution < 1.29 is 9.59 Å². The molecule has 208 valence electrons. The number of quaternary nitrogens is 1. The maximum atomic E-state index is 11.5. The van der Waals surface area contributed by atoms with Crippen molar-refractivity contribution in [2.75, 3.05) is 20.6 Å². The molecule has 0 unspecified atom stereocenters. The lowest BCUT2D eigenvalue weighted by atomic mass is 9.84. The Labute approximate surface area is 238 Å². The van der Waals surface area contributed by atoms with Crippen LogP contribution in [0.15, 0.2) is 54.6 Å². The zero-order valence-electron chi connectivity index (χ0n) is 23.7. The molecule has 0 saturated heterocycles. The minimum atomic E-state index is -0.888. The zero-order chi connectivity index (χ0) is 27.0. The van der Waals surface area contributed by atoms with E-state index in [1.54, 1.807) is 6.07 Å². The van der Waals surface area contributed by atoms with Crippen molar-refractivity contribution in [2.45, 2.75) is 114 Å². The molecule has 0 amide bonds. The minimum Gasteiger partial charge on any atom is -0.872 e. The summed E-state index contributed by atoms with van der Waals surface area (Å²) < 4.78 is -0.294. The van der Waals surface area contributed by atoms with E-state index in [1.807, 2.05) is 48.5 Å². The third-order valence-electron chi connectivity index (χ3n) is 7.92. The van der Waals surface area contributed by atoms with E-state index >= 15 is 0 Å². The molecule has 0 atom stereocenters. The molecule has 2 aromatic carbocycles. The van der Waals surface area contributed by atoms with Crippen LogP contribution in [0.25, 0.3) is 0 Å². The van der Waals surface area contributed by atoms with E-state index in [0.717, 1.165) is 17.7 Å². The molecule has 1 saturated carbocycles. The summed E-state index contributed by atoms with van der Waals surface area (Å²) >= 11 is 13.4. The number of hydrogen-bond acceptors (Lipinski definition) is 1. The molecule has 4 heteroatoms. The fourth-order valence-corrected chi connectivity index (χ4v) is 5.78. The number of alkyl halides is 2. The fourth-order valence-electron chi connectivity index (χ4n) is 5.35. The highest BCUT2D eigenvalue weighted by Gasteiger charge is 2.43. The van der Waals surface area contributed by atoms with Crippen LogP contribution in [0.5, 0.6) is 5.75 Å². The summed E-state index contributed by atoms with van der Waals surface area (Å²) in [6.45, 7) is 3.27. The van der Waals surface area contributed by atoms with Gasteiger partial charge in [-0.15, -0.1) is 5.75 Å². The quantitative estimate of drug-likeness (QED) is 0.0997. The third-order valence-corrected chi connectivity index (χ3v) is 9.27. The van der Waals surface area contributed by atoms with E-state index in [-0.39, 0.29) is 5.75 Å². The normalized spacial score (nSPS) is 14.7. The van der Waals surface area contributed by atoms with Crippen molar-refractivity contribution in [3.63, 3.8) is 0 Å². The van der Waals surface area contributed by atoms with Gasteiger partial charge in [0.15, 0.2) is 0 Å². The Balaban J connectivity index is 0.000000308. The van der Waals surface area contributed by atoms with Gasteiger partial charge in [-0.2, -0.15) is 0 Å². The SMILES string of the molecule is CCCCCCCCCCCC[N+](C)(C)C(Cl)(Cl)c1ccccc1.[O-]c1ccccc1C1CCCCC1. The fraction of sp³-hybridized carbons (Fsp3) is 0.636. The van der Waals surface area contributed by atoms with Crippen molar-refractivity contribution in [3.05, 3.63) is 65.7 Å². The summed E-state index contributed by atoms with van der Waals surface area (Å²) in [5, 5.41) is 11.5. The molecule has 2 aromatic rings. The molecule has 3 rings (SSSR count). The largest absolute Gasteiger partial charge is 0.872 e. The van der Waals surface area contributed by atoms with Gasteiger partial charge in [0.1, 0.15) is 0 Å².